The number of benzene rings is 2. The van der Waals surface area contributed by atoms with Gasteiger partial charge in [-0.2, -0.15) is 0 Å². The van der Waals surface area contributed by atoms with Crippen LogP contribution in [0.25, 0.3) is 11.4 Å². The van der Waals surface area contributed by atoms with Crippen LogP contribution in [0.15, 0.2) is 67.0 Å². The van der Waals surface area contributed by atoms with Gasteiger partial charge in [0.2, 0.25) is 0 Å². The van der Waals surface area contributed by atoms with Crippen LogP contribution in [0.4, 0.5) is 0 Å². The Morgan fingerprint density at radius 3 is 2.55 bits per heavy atom. The molecule has 0 spiro atoms. The third-order valence-corrected chi connectivity index (χ3v) is 5.61. The van der Waals surface area contributed by atoms with Crippen molar-refractivity contribution < 1.29 is 9.53 Å². The van der Waals surface area contributed by atoms with Gasteiger partial charge in [0.15, 0.2) is 6.61 Å². The minimum atomic E-state index is 0.0688. The Bertz CT molecular complexity index is 944. The van der Waals surface area contributed by atoms with Gasteiger partial charge in [0, 0.05) is 37.6 Å². The predicted molar refractivity (Wildman–Crippen MR) is 114 cm³/mol. The molecule has 3 aromatic rings. The third-order valence-electron chi connectivity index (χ3n) is 5.61. The molecule has 1 saturated heterocycles. The Balaban J connectivity index is 1.28. The van der Waals surface area contributed by atoms with E-state index in [2.05, 4.69) is 27.9 Å². The van der Waals surface area contributed by atoms with E-state index in [0.29, 0.717) is 5.92 Å². The fourth-order valence-electron chi connectivity index (χ4n) is 3.90. The summed E-state index contributed by atoms with van der Waals surface area (Å²) < 4.78 is 7.96. The van der Waals surface area contributed by atoms with Crippen molar-refractivity contribution in [1.82, 2.24) is 14.5 Å². The van der Waals surface area contributed by atoms with Gasteiger partial charge in [0.25, 0.3) is 5.91 Å². The first-order valence-electron chi connectivity index (χ1n) is 10.2. The van der Waals surface area contributed by atoms with Crippen molar-refractivity contribution in [3.63, 3.8) is 0 Å². The fraction of sp³-hybridized carbons (Fsp3) is 0.333. The van der Waals surface area contributed by atoms with Gasteiger partial charge in [-0.1, -0.05) is 48.5 Å². The molecular weight excluding hydrogens is 362 g/mol. The van der Waals surface area contributed by atoms with Crippen molar-refractivity contribution >= 4 is 5.91 Å². The lowest BCUT2D eigenvalue weighted by molar-refractivity contribution is -0.134. The number of amides is 1. The largest absolute Gasteiger partial charge is 0.484 e. The van der Waals surface area contributed by atoms with Crippen LogP contribution in [0.2, 0.25) is 0 Å². The second-order valence-electron chi connectivity index (χ2n) is 7.65. The molecule has 2 heterocycles. The Morgan fingerprint density at radius 2 is 1.79 bits per heavy atom. The summed E-state index contributed by atoms with van der Waals surface area (Å²) in [5.41, 5.74) is 2.19. The number of carbonyl (C=O) groups excluding carboxylic acids is 1. The van der Waals surface area contributed by atoms with E-state index in [9.17, 15) is 4.79 Å². The van der Waals surface area contributed by atoms with Gasteiger partial charge in [0.05, 0.1) is 0 Å². The fourth-order valence-corrected chi connectivity index (χ4v) is 3.90. The van der Waals surface area contributed by atoms with Crippen LogP contribution in [-0.4, -0.2) is 40.1 Å². The van der Waals surface area contributed by atoms with Gasteiger partial charge in [0.1, 0.15) is 11.6 Å². The van der Waals surface area contributed by atoms with Crippen LogP contribution >= 0.6 is 0 Å². The molecule has 5 nitrogen and oxygen atoms in total. The first-order chi connectivity index (χ1) is 14.2. The maximum absolute atomic E-state index is 12.5. The number of likely N-dealkylation sites (tertiary alicyclic amines) is 1. The summed E-state index contributed by atoms with van der Waals surface area (Å²) in [5.74, 6) is 2.41. The molecule has 0 bridgehead atoms. The number of rotatable bonds is 6. The molecule has 1 fully saturated rings. The molecule has 0 aliphatic carbocycles. The summed E-state index contributed by atoms with van der Waals surface area (Å²) in [6.07, 6.45) is 5.92. The second-order valence-corrected chi connectivity index (χ2v) is 7.65. The molecule has 29 heavy (non-hydrogen) atoms. The molecule has 1 aromatic heterocycles. The van der Waals surface area contributed by atoms with E-state index in [-0.39, 0.29) is 12.5 Å². The molecule has 1 aliphatic heterocycles. The molecule has 0 unspecified atom stereocenters. The Labute approximate surface area is 171 Å². The lowest BCUT2D eigenvalue weighted by Crippen LogP contribution is -2.41. The van der Waals surface area contributed by atoms with Crippen LogP contribution < -0.4 is 4.74 Å². The number of ether oxygens (including phenoxy) is 1. The maximum Gasteiger partial charge on any atom is 0.260 e. The average molecular weight is 389 g/mol. The van der Waals surface area contributed by atoms with E-state index in [1.807, 2.05) is 60.5 Å². The van der Waals surface area contributed by atoms with E-state index >= 15 is 0 Å². The van der Waals surface area contributed by atoms with Crippen molar-refractivity contribution in [2.24, 2.45) is 5.92 Å². The monoisotopic (exact) mass is 389 g/mol. The van der Waals surface area contributed by atoms with E-state index in [0.717, 1.165) is 55.2 Å². The number of nitrogens with zero attached hydrogens (tertiary/aromatic N) is 3. The smallest absolute Gasteiger partial charge is 0.260 e. The number of hydrogen-bond donors (Lipinski definition) is 0. The van der Waals surface area contributed by atoms with E-state index < -0.39 is 0 Å². The predicted octanol–water partition coefficient (Wildman–Crippen LogP) is 4.18. The third kappa shape index (κ3) is 4.67. The highest BCUT2D eigenvalue weighted by molar-refractivity contribution is 5.77. The Hall–Kier alpha value is -3.08. The molecule has 5 heteroatoms. The molecule has 1 amide bonds. The zero-order chi connectivity index (χ0) is 20.1. The minimum Gasteiger partial charge on any atom is -0.484 e. The zero-order valence-corrected chi connectivity index (χ0v) is 16.8. The molecular formula is C24H27N3O2. The number of para-hydroxylation sites is 1. The van der Waals surface area contributed by atoms with Crippen LogP contribution in [0.1, 0.15) is 18.4 Å². The standard InChI is InChI=1S/C24H27N3O2/c1-19-7-5-6-10-22(19)29-18-23(28)26-14-11-20(12-15-26)17-27-16-13-25-24(27)21-8-3-2-4-9-21/h2-10,13,16,20H,11-12,14-15,17-18H2,1H3. The first kappa shape index (κ1) is 19.2. The van der Waals surface area contributed by atoms with Gasteiger partial charge < -0.3 is 14.2 Å². The average Bonchev–Trinajstić information content (AvgIpc) is 3.22. The SMILES string of the molecule is Cc1ccccc1OCC(=O)N1CCC(Cn2ccnc2-c2ccccc2)CC1. The number of hydrogen-bond acceptors (Lipinski definition) is 3. The zero-order valence-electron chi connectivity index (χ0n) is 16.8. The molecule has 4 rings (SSSR count). The van der Waals surface area contributed by atoms with Crippen molar-refractivity contribution in [1.29, 1.82) is 0 Å². The number of aryl methyl sites for hydroxylation is 1. The highest BCUT2D eigenvalue weighted by atomic mass is 16.5. The highest BCUT2D eigenvalue weighted by Gasteiger charge is 2.24. The quantitative estimate of drug-likeness (QED) is 0.636. The van der Waals surface area contributed by atoms with Gasteiger partial charge in [-0.25, -0.2) is 4.98 Å². The van der Waals surface area contributed by atoms with Crippen LogP contribution in [0.3, 0.4) is 0 Å². The lowest BCUT2D eigenvalue weighted by Gasteiger charge is -2.32. The highest BCUT2D eigenvalue weighted by Crippen LogP contribution is 2.23. The van der Waals surface area contributed by atoms with Crippen LogP contribution in [0.5, 0.6) is 5.75 Å². The molecule has 0 radical (unpaired) electrons. The van der Waals surface area contributed by atoms with Crippen molar-refractivity contribution in [3.8, 4) is 17.1 Å². The van der Waals surface area contributed by atoms with Gasteiger partial charge >= 0.3 is 0 Å². The molecule has 150 valence electrons. The van der Waals surface area contributed by atoms with Crippen LogP contribution in [0, 0.1) is 12.8 Å². The summed E-state index contributed by atoms with van der Waals surface area (Å²) >= 11 is 0. The van der Waals surface area contributed by atoms with E-state index in [1.54, 1.807) is 0 Å². The topological polar surface area (TPSA) is 47.4 Å². The van der Waals surface area contributed by atoms with Gasteiger partial charge in [-0.3, -0.25) is 4.79 Å². The summed E-state index contributed by atoms with van der Waals surface area (Å²) in [5, 5.41) is 0. The Morgan fingerprint density at radius 1 is 1.07 bits per heavy atom. The molecule has 0 atom stereocenters. The van der Waals surface area contributed by atoms with E-state index in [1.165, 1.54) is 0 Å². The first-order valence-corrected chi connectivity index (χ1v) is 10.2. The summed E-state index contributed by atoms with van der Waals surface area (Å²) in [6.45, 7) is 4.61. The second kappa shape index (κ2) is 8.95. The Kier molecular flexibility index (Phi) is 5.94. The molecule has 2 aromatic carbocycles. The summed E-state index contributed by atoms with van der Waals surface area (Å²) in [7, 11) is 0. The number of carbonyl (C=O) groups is 1. The maximum atomic E-state index is 12.5. The minimum absolute atomic E-state index is 0.0688. The molecule has 0 N–H and O–H groups in total. The number of imidazole rings is 1. The van der Waals surface area contributed by atoms with Gasteiger partial charge in [-0.05, 0) is 37.3 Å². The molecule has 0 saturated carbocycles. The normalized spacial score (nSPS) is 14.7. The lowest BCUT2D eigenvalue weighted by atomic mass is 9.96. The summed E-state index contributed by atoms with van der Waals surface area (Å²) in [6, 6.07) is 18.1. The number of aromatic nitrogens is 2. The van der Waals surface area contributed by atoms with Crippen LogP contribution in [-0.2, 0) is 11.3 Å². The van der Waals surface area contributed by atoms with E-state index in [4.69, 9.17) is 4.74 Å². The number of piperidine rings is 1. The summed E-state index contributed by atoms with van der Waals surface area (Å²) in [4.78, 5) is 19.0. The van der Waals surface area contributed by atoms with Crippen molar-refractivity contribution in [2.45, 2.75) is 26.3 Å². The molecule has 1 aliphatic rings. The van der Waals surface area contributed by atoms with Crippen molar-refractivity contribution in [3.05, 3.63) is 72.6 Å². The van der Waals surface area contributed by atoms with Crippen molar-refractivity contribution in [2.75, 3.05) is 19.7 Å². The van der Waals surface area contributed by atoms with Gasteiger partial charge in [-0.15, -0.1) is 0 Å².